The molecule has 1 aromatic heterocycles. The van der Waals surface area contributed by atoms with Gasteiger partial charge >= 0.3 is 0 Å². The van der Waals surface area contributed by atoms with E-state index in [-0.39, 0.29) is 12.0 Å². The first kappa shape index (κ1) is 20.9. The molecule has 1 unspecified atom stereocenters. The van der Waals surface area contributed by atoms with Crippen LogP contribution in [0.3, 0.4) is 0 Å². The molecule has 0 aliphatic carbocycles. The van der Waals surface area contributed by atoms with Gasteiger partial charge in [0.1, 0.15) is 11.6 Å². The van der Waals surface area contributed by atoms with E-state index in [1.54, 1.807) is 13.3 Å². The van der Waals surface area contributed by atoms with Crippen LogP contribution >= 0.6 is 0 Å². The number of morpholine rings is 1. The lowest BCUT2D eigenvalue weighted by atomic mass is 9.95. The van der Waals surface area contributed by atoms with Gasteiger partial charge in [0.2, 0.25) is 0 Å². The Bertz CT molecular complexity index is 1050. The molecular formula is C25H27N3O3. The van der Waals surface area contributed by atoms with Crippen LogP contribution in [0.2, 0.25) is 0 Å². The largest absolute Gasteiger partial charge is 0.496 e. The third-order valence-corrected chi connectivity index (χ3v) is 5.53. The predicted molar refractivity (Wildman–Crippen MR) is 123 cm³/mol. The van der Waals surface area contributed by atoms with Gasteiger partial charge in [0.15, 0.2) is 0 Å². The fourth-order valence-electron chi connectivity index (χ4n) is 3.94. The Labute approximate surface area is 182 Å². The van der Waals surface area contributed by atoms with Gasteiger partial charge in [-0.15, -0.1) is 0 Å². The lowest BCUT2D eigenvalue weighted by Crippen LogP contribution is -2.41. The fourth-order valence-corrected chi connectivity index (χ4v) is 3.94. The second kappa shape index (κ2) is 9.18. The van der Waals surface area contributed by atoms with Crippen LogP contribution in [0.4, 0.5) is 11.5 Å². The molecule has 1 amide bonds. The van der Waals surface area contributed by atoms with E-state index in [0.29, 0.717) is 23.6 Å². The SMILES string of the molecule is COc1ccc(-c2ccccc2)c(C)c1C(=O)Nc1ccc(N2CCOC(C)C2)nc1. The highest BCUT2D eigenvalue weighted by Gasteiger charge is 2.20. The summed E-state index contributed by atoms with van der Waals surface area (Å²) >= 11 is 0. The summed E-state index contributed by atoms with van der Waals surface area (Å²) in [4.78, 5) is 19.9. The maximum atomic E-state index is 13.2. The van der Waals surface area contributed by atoms with Crippen LogP contribution in [0.1, 0.15) is 22.8 Å². The van der Waals surface area contributed by atoms with Crippen LogP contribution in [-0.4, -0.2) is 43.8 Å². The highest BCUT2D eigenvalue weighted by molar-refractivity contribution is 6.08. The number of methoxy groups -OCH3 is 1. The molecule has 1 aliphatic rings. The van der Waals surface area contributed by atoms with Crippen molar-refractivity contribution >= 4 is 17.4 Å². The average Bonchev–Trinajstić information content (AvgIpc) is 2.79. The van der Waals surface area contributed by atoms with E-state index < -0.39 is 0 Å². The molecule has 0 spiro atoms. The van der Waals surface area contributed by atoms with Crippen molar-refractivity contribution in [3.8, 4) is 16.9 Å². The number of anilines is 2. The minimum Gasteiger partial charge on any atom is -0.496 e. The van der Waals surface area contributed by atoms with Gasteiger partial charge in [0.05, 0.1) is 37.3 Å². The van der Waals surface area contributed by atoms with Crippen LogP contribution in [0.25, 0.3) is 11.1 Å². The highest BCUT2D eigenvalue weighted by Crippen LogP contribution is 2.32. The van der Waals surface area contributed by atoms with Gasteiger partial charge in [-0.3, -0.25) is 4.79 Å². The molecule has 160 valence electrons. The first-order valence-electron chi connectivity index (χ1n) is 10.4. The van der Waals surface area contributed by atoms with Crippen LogP contribution in [0.15, 0.2) is 60.8 Å². The number of nitrogens with zero attached hydrogens (tertiary/aromatic N) is 2. The molecule has 2 heterocycles. The summed E-state index contributed by atoms with van der Waals surface area (Å²) in [5, 5.41) is 2.97. The summed E-state index contributed by atoms with van der Waals surface area (Å²) in [7, 11) is 1.58. The monoisotopic (exact) mass is 417 g/mol. The number of benzene rings is 2. The molecule has 1 aliphatic heterocycles. The van der Waals surface area contributed by atoms with Crippen molar-refractivity contribution < 1.29 is 14.3 Å². The maximum Gasteiger partial charge on any atom is 0.259 e. The van der Waals surface area contributed by atoms with E-state index in [2.05, 4.69) is 22.1 Å². The number of nitrogens with one attached hydrogen (secondary N) is 1. The molecule has 0 radical (unpaired) electrons. The number of rotatable bonds is 5. The number of ether oxygens (including phenoxy) is 2. The first-order valence-corrected chi connectivity index (χ1v) is 10.4. The second-order valence-corrected chi connectivity index (χ2v) is 7.67. The Morgan fingerprint density at radius 3 is 2.65 bits per heavy atom. The van der Waals surface area contributed by atoms with Gasteiger partial charge in [-0.2, -0.15) is 0 Å². The Hall–Kier alpha value is -3.38. The van der Waals surface area contributed by atoms with Gasteiger partial charge in [0, 0.05) is 13.1 Å². The molecule has 31 heavy (non-hydrogen) atoms. The summed E-state index contributed by atoms with van der Waals surface area (Å²) in [5.41, 5.74) is 4.09. The molecule has 1 atom stereocenters. The zero-order chi connectivity index (χ0) is 21.8. The van der Waals surface area contributed by atoms with Crippen molar-refractivity contribution in [1.29, 1.82) is 0 Å². The van der Waals surface area contributed by atoms with Gasteiger partial charge in [-0.25, -0.2) is 4.98 Å². The first-order chi connectivity index (χ1) is 15.1. The summed E-state index contributed by atoms with van der Waals surface area (Å²) < 4.78 is 11.1. The van der Waals surface area contributed by atoms with Crippen molar-refractivity contribution in [1.82, 2.24) is 4.98 Å². The van der Waals surface area contributed by atoms with Crippen molar-refractivity contribution in [2.75, 3.05) is 37.0 Å². The smallest absolute Gasteiger partial charge is 0.259 e. The van der Waals surface area contributed by atoms with Crippen molar-refractivity contribution in [2.24, 2.45) is 0 Å². The predicted octanol–water partition coefficient (Wildman–Crippen LogP) is 4.54. The second-order valence-electron chi connectivity index (χ2n) is 7.67. The van der Waals surface area contributed by atoms with E-state index in [9.17, 15) is 4.79 Å². The lowest BCUT2D eigenvalue weighted by Gasteiger charge is -2.32. The Balaban J connectivity index is 1.57. The van der Waals surface area contributed by atoms with Crippen LogP contribution in [0.5, 0.6) is 5.75 Å². The van der Waals surface area contributed by atoms with Crippen LogP contribution < -0.4 is 15.0 Å². The van der Waals surface area contributed by atoms with Gasteiger partial charge < -0.3 is 19.7 Å². The molecule has 3 aromatic rings. The summed E-state index contributed by atoms with van der Waals surface area (Å²) in [6, 6.07) is 17.6. The summed E-state index contributed by atoms with van der Waals surface area (Å²) in [6.45, 7) is 6.31. The number of amides is 1. The zero-order valence-corrected chi connectivity index (χ0v) is 18.1. The normalized spacial score (nSPS) is 16.1. The molecule has 4 rings (SSSR count). The molecule has 6 heteroatoms. The summed E-state index contributed by atoms with van der Waals surface area (Å²) in [5.74, 6) is 1.20. The van der Waals surface area contributed by atoms with E-state index in [0.717, 1.165) is 35.6 Å². The van der Waals surface area contributed by atoms with Crippen molar-refractivity contribution in [3.05, 3.63) is 71.9 Å². The van der Waals surface area contributed by atoms with Crippen LogP contribution in [0, 0.1) is 6.92 Å². The fraction of sp³-hybridized carbons (Fsp3) is 0.280. The van der Waals surface area contributed by atoms with E-state index in [4.69, 9.17) is 9.47 Å². The number of hydrogen-bond donors (Lipinski definition) is 1. The molecule has 0 bridgehead atoms. The molecule has 6 nitrogen and oxygen atoms in total. The topological polar surface area (TPSA) is 63.7 Å². The molecule has 0 saturated carbocycles. The summed E-state index contributed by atoms with van der Waals surface area (Å²) in [6.07, 6.45) is 1.87. The zero-order valence-electron chi connectivity index (χ0n) is 18.1. The Kier molecular flexibility index (Phi) is 6.18. The number of carbonyl (C=O) groups is 1. The van der Waals surface area contributed by atoms with Gasteiger partial charge in [-0.1, -0.05) is 36.4 Å². The van der Waals surface area contributed by atoms with Gasteiger partial charge in [0.25, 0.3) is 5.91 Å². The third-order valence-electron chi connectivity index (χ3n) is 5.53. The Morgan fingerprint density at radius 1 is 1.16 bits per heavy atom. The third kappa shape index (κ3) is 4.54. The minimum absolute atomic E-state index is 0.183. The lowest BCUT2D eigenvalue weighted by molar-refractivity contribution is 0.0529. The molecule has 2 aromatic carbocycles. The van der Waals surface area contributed by atoms with E-state index in [1.807, 2.05) is 61.5 Å². The molecule has 1 fully saturated rings. The number of hydrogen-bond acceptors (Lipinski definition) is 5. The average molecular weight is 418 g/mol. The van der Waals surface area contributed by atoms with Gasteiger partial charge in [-0.05, 0) is 48.7 Å². The quantitative estimate of drug-likeness (QED) is 0.660. The van der Waals surface area contributed by atoms with Crippen LogP contribution in [-0.2, 0) is 4.74 Å². The maximum absolute atomic E-state index is 13.2. The van der Waals surface area contributed by atoms with E-state index in [1.165, 1.54) is 0 Å². The minimum atomic E-state index is -0.221. The number of carbonyl (C=O) groups excluding carboxylic acids is 1. The van der Waals surface area contributed by atoms with E-state index >= 15 is 0 Å². The number of aromatic nitrogens is 1. The molecule has 1 N–H and O–H groups in total. The highest BCUT2D eigenvalue weighted by atomic mass is 16.5. The standard InChI is InChI=1S/C25H27N3O3/c1-17-16-28(13-14-31-17)23-12-9-20(15-26-23)27-25(29)24-18(2)21(10-11-22(24)30-3)19-7-5-4-6-8-19/h4-12,15,17H,13-14,16H2,1-3H3,(H,27,29). The molecular weight excluding hydrogens is 390 g/mol. The molecule has 1 saturated heterocycles. The Morgan fingerprint density at radius 2 is 1.97 bits per heavy atom. The number of pyridine rings is 1. The van der Waals surface area contributed by atoms with Crippen molar-refractivity contribution in [2.45, 2.75) is 20.0 Å². The van der Waals surface area contributed by atoms with Crippen molar-refractivity contribution in [3.63, 3.8) is 0 Å².